The lowest BCUT2D eigenvalue weighted by atomic mass is 10.1. The average molecular weight is 405 g/mol. The summed E-state index contributed by atoms with van der Waals surface area (Å²) < 4.78 is 32.1. The maximum atomic E-state index is 13.5. The molecule has 28 heavy (non-hydrogen) atoms. The molecule has 5 nitrogen and oxygen atoms in total. The first-order valence-corrected chi connectivity index (χ1v) is 9.79. The van der Waals surface area contributed by atoms with Crippen LogP contribution in [0.25, 0.3) is 10.6 Å². The van der Waals surface area contributed by atoms with E-state index in [1.54, 1.807) is 18.2 Å². The SMILES string of the molecule is CC(C)CN(C(=O)COC1=CCC(F)C=C1)c1nnc(-c2cccc(F)c2)s1. The van der Waals surface area contributed by atoms with E-state index in [-0.39, 0.29) is 30.7 Å². The van der Waals surface area contributed by atoms with Crippen molar-refractivity contribution in [2.24, 2.45) is 5.92 Å². The number of anilines is 1. The first-order valence-electron chi connectivity index (χ1n) is 8.97. The van der Waals surface area contributed by atoms with Gasteiger partial charge >= 0.3 is 0 Å². The Morgan fingerprint density at radius 3 is 2.89 bits per heavy atom. The third kappa shape index (κ3) is 5.22. The maximum absolute atomic E-state index is 13.5. The van der Waals surface area contributed by atoms with Crippen molar-refractivity contribution in [1.29, 1.82) is 0 Å². The van der Waals surface area contributed by atoms with Gasteiger partial charge in [-0.2, -0.15) is 0 Å². The number of rotatable bonds is 7. The minimum absolute atomic E-state index is 0.186. The molecule has 148 valence electrons. The van der Waals surface area contributed by atoms with Gasteiger partial charge in [0.1, 0.15) is 22.8 Å². The first kappa shape index (κ1) is 20.1. The van der Waals surface area contributed by atoms with E-state index in [4.69, 9.17) is 4.74 Å². The van der Waals surface area contributed by atoms with Gasteiger partial charge < -0.3 is 4.74 Å². The summed E-state index contributed by atoms with van der Waals surface area (Å²) in [5, 5.41) is 9.18. The standard InChI is InChI=1S/C20H21F2N3O2S/c1-13(2)11-25(18(26)12-27-17-8-6-15(21)7-9-17)20-24-23-19(28-20)14-4-3-5-16(22)10-14/h3-6,8-10,13,15H,7,11-12H2,1-2H3. The second-order valence-corrected chi connectivity index (χ2v) is 7.76. The van der Waals surface area contributed by atoms with Crippen molar-refractivity contribution in [2.45, 2.75) is 26.4 Å². The van der Waals surface area contributed by atoms with E-state index < -0.39 is 6.17 Å². The summed E-state index contributed by atoms with van der Waals surface area (Å²) in [4.78, 5) is 14.3. The highest BCUT2D eigenvalue weighted by molar-refractivity contribution is 7.18. The van der Waals surface area contributed by atoms with Gasteiger partial charge in [0.15, 0.2) is 6.61 Å². The molecule has 0 fully saturated rings. The number of amides is 1. The molecule has 1 aliphatic rings. The highest BCUT2D eigenvalue weighted by Crippen LogP contribution is 2.29. The van der Waals surface area contributed by atoms with Crippen LogP contribution in [0.15, 0.2) is 48.3 Å². The van der Waals surface area contributed by atoms with Crippen LogP contribution in [-0.2, 0) is 9.53 Å². The number of benzene rings is 1. The Kier molecular flexibility index (Phi) is 6.51. The van der Waals surface area contributed by atoms with E-state index in [9.17, 15) is 13.6 Å². The van der Waals surface area contributed by atoms with Gasteiger partial charge in [0.05, 0.1) is 0 Å². The monoisotopic (exact) mass is 405 g/mol. The molecule has 1 unspecified atom stereocenters. The molecular formula is C20H21F2N3O2S. The fraction of sp³-hybridized carbons (Fsp3) is 0.350. The molecule has 0 radical (unpaired) electrons. The zero-order chi connectivity index (χ0) is 20.1. The first-order chi connectivity index (χ1) is 13.4. The second-order valence-electron chi connectivity index (χ2n) is 6.80. The van der Waals surface area contributed by atoms with Gasteiger partial charge in [0, 0.05) is 18.5 Å². The molecule has 0 saturated heterocycles. The molecule has 0 N–H and O–H groups in total. The number of halogens is 2. The molecule has 1 aromatic carbocycles. The van der Waals surface area contributed by atoms with Crippen LogP contribution in [-0.4, -0.2) is 35.4 Å². The van der Waals surface area contributed by atoms with Gasteiger partial charge in [-0.1, -0.05) is 37.3 Å². The zero-order valence-electron chi connectivity index (χ0n) is 15.6. The normalized spacial score (nSPS) is 16.2. The molecule has 0 aliphatic heterocycles. The molecule has 1 aromatic heterocycles. The highest BCUT2D eigenvalue weighted by atomic mass is 32.1. The average Bonchev–Trinajstić information content (AvgIpc) is 3.15. The van der Waals surface area contributed by atoms with Gasteiger partial charge in [-0.3, -0.25) is 9.69 Å². The minimum atomic E-state index is -1.01. The molecule has 0 spiro atoms. The van der Waals surface area contributed by atoms with Crippen LogP contribution < -0.4 is 4.90 Å². The summed E-state index contributed by atoms with van der Waals surface area (Å²) in [6, 6.07) is 6.08. The largest absolute Gasteiger partial charge is 0.484 e. The number of carbonyl (C=O) groups is 1. The third-order valence-corrected chi connectivity index (χ3v) is 4.94. The van der Waals surface area contributed by atoms with Gasteiger partial charge in [-0.15, -0.1) is 10.2 Å². The summed E-state index contributed by atoms with van der Waals surface area (Å²) in [6.07, 6.45) is 3.78. The fourth-order valence-corrected chi connectivity index (χ4v) is 3.49. The number of ether oxygens (including phenoxy) is 1. The number of hydrogen-bond donors (Lipinski definition) is 0. The summed E-state index contributed by atoms with van der Waals surface area (Å²) in [7, 11) is 0. The molecule has 0 bridgehead atoms. The number of carbonyl (C=O) groups excluding carboxylic acids is 1. The van der Waals surface area contributed by atoms with Gasteiger partial charge in [0.25, 0.3) is 5.91 Å². The third-order valence-electron chi connectivity index (χ3n) is 3.94. The van der Waals surface area contributed by atoms with Crippen molar-refractivity contribution in [3.05, 3.63) is 54.1 Å². The second kappa shape index (κ2) is 9.05. The van der Waals surface area contributed by atoms with Crippen LogP contribution in [0.5, 0.6) is 0 Å². The molecule has 2 aromatic rings. The summed E-state index contributed by atoms with van der Waals surface area (Å²) >= 11 is 1.22. The Hall–Kier alpha value is -2.61. The van der Waals surface area contributed by atoms with Crippen LogP contribution in [0.4, 0.5) is 13.9 Å². The molecule has 1 atom stereocenters. The molecular weight excluding hydrogens is 384 g/mol. The summed E-state index contributed by atoms with van der Waals surface area (Å²) in [6.45, 7) is 4.24. The molecule has 1 amide bonds. The Morgan fingerprint density at radius 1 is 1.39 bits per heavy atom. The van der Waals surface area contributed by atoms with Crippen LogP contribution in [0.2, 0.25) is 0 Å². The Balaban J connectivity index is 1.73. The van der Waals surface area contributed by atoms with Crippen LogP contribution in [0.3, 0.4) is 0 Å². The molecule has 1 aliphatic carbocycles. The van der Waals surface area contributed by atoms with Crippen molar-refractivity contribution in [3.63, 3.8) is 0 Å². The molecule has 8 heteroatoms. The van der Waals surface area contributed by atoms with Crippen molar-refractivity contribution in [1.82, 2.24) is 10.2 Å². The van der Waals surface area contributed by atoms with Crippen LogP contribution >= 0.6 is 11.3 Å². The van der Waals surface area contributed by atoms with E-state index in [1.165, 1.54) is 40.5 Å². The zero-order valence-corrected chi connectivity index (χ0v) is 16.5. The summed E-state index contributed by atoms with van der Waals surface area (Å²) in [5.41, 5.74) is 0.607. The van der Waals surface area contributed by atoms with E-state index in [0.717, 1.165) is 0 Å². The van der Waals surface area contributed by atoms with E-state index in [1.807, 2.05) is 13.8 Å². The quantitative estimate of drug-likeness (QED) is 0.679. The lowest BCUT2D eigenvalue weighted by Gasteiger charge is -2.22. The van der Waals surface area contributed by atoms with Gasteiger partial charge in [-0.05, 0) is 36.3 Å². The van der Waals surface area contributed by atoms with Crippen molar-refractivity contribution in [2.75, 3.05) is 18.1 Å². The van der Waals surface area contributed by atoms with Crippen molar-refractivity contribution < 1.29 is 18.3 Å². The maximum Gasteiger partial charge on any atom is 0.266 e. The van der Waals surface area contributed by atoms with Crippen LogP contribution in [0.1, 0.15) is 20.3 Å². The molecule has 3 rings (SSSR count). The fourth-order valence-electron chi connectivity index (χ4n) is 2.62. The predicted octanol–water partition coefficient (Wildman–Crippen LogP) is 4.53. The van der Waals surface area contributed by atoms with Crippen LogP contribution in [0, 0.1) is 11.7 Å². The van der Waals surface area contributed by atoms with Crippen molar-refractivity contribution in [3.8, 4) is 10.6 Å². The summed E-state index contributed by atoms with van der Waals surface area (Å²) in [5.74, 6) is 0.0467. The number of alkyl halides is 1. The van der Waals surface area contributed by atoms with Gasteiger partial charge in [-0.25, -0.2) is 8.78 Å². The van der Waals surface area contributed by atoms with Crippen molar-refractivity contribution >= 4 is 22.4 Å². The highest BCUT2D eigenvalue weighted by Gasteiger charge is 2.22. The smallest absolute Gasteiger partial charge is 0.266 e. The minimum Gasteiger partial charge on any atom is -0.484 e. The Labute approximate surface area is 166 Å². The number of allylic oxidation sites excluding steroid dienone is 3. The lowest BCUT2D eigenvalue weighted by Crippen LogP contribution is -2.36. The lowest BCUT2D eigenvalue weighted by molar-refractivity contribution is -0.121. The Bertz CT molecular complexity index is 895. The predicted molar refractivity (Wildman–Crippen MR) is 105 cm³/mol. The number of aromatic nitrogens is 2. The van der Waals surface area contributed by atoms with E-state index in [0.29, 0.717) is 28.0 Å². The van der Waals surface area contributed by atoms with E-state index in [2.05, 4.69) is 10.2 Å². The molecule has 0 saturated carbocycles. The van der Waals surface area contributed by atoms with E-state index >= 15 is 0 Å². The number of nitrogens with zero attached hydrogens (tertiary/aromatic N) is 3. The Morgan fingerprint density at radius 2 is 2.21 bits per heavy atom. The van der Waals surface area contributed by atoms with Gasteiger partial charge in [0.2, 0.25) is 5.13 Å². The molecule has 1 heterocycles. The topological polar surface area (TPSA) is 55.3 Å². The number of hydrogen-bond acceptors (Lipinski definition) is 5.